The number of carboxylic acid groups (broad SMARTS) is 1. The summed E-state index contributed by atoms with van der Waals surface area (Å²) in [5, 5.41) is 8.58. The van der Waals surface area contributed by atoms with E-state index in [1.165, 1.54) is 18.2 Å². The first-order valence-corrected chi connectivity index (χ1v) is 8.48. The number of carboxylic acids is 1. The summed E-state index contributed by atoms with van der Waals surface area (Å²) in [6, 6.07) is 6.01. The SMILES string of the molecule is CCCC1CCCC(C(F)(F)Oc2ccc(/C=C/C(=O)O)cc2)C1. The van der Waals surface area contributed by atoms with Crippen molar-refractivity contribution in [2.24, 2.45) is 11.8 Å². The van der Waals surface area contributed by atoms with Crippen LogP contribution in [-0.2, 0) is 4.79 Å². The third kappa shape index (κ3) is 5.32. The van der Waals surface area contributed by atoms with Gasteiger partial charge in [0.15, 0.2) is 0 Å². The van der Waals surface area contributed by atoms with Crippen LogP contribution in [0.15, 0.2) is 30.3 Å². The average Bonchev–Trinajstić information content (AvgIpc) is 2.54. The number of rotatable bonds is 7. The molecule has 24 heavy (non-hydrogen) atoms. The van der Waals surface area contributed by atoms with Gasteiger partial charge in [0.05, 0.1) is 5.92 Å². The van der Waals surface area contributed by atoms with Gasteiger partial charge in [-0.05, 0) is 42.5 Å². The van der Waals surface area contributed by atoms with Crippen LogP contribution >= 0.6 is 0 Å². The van der Waals surface area contributed by atoms with Gasteiger partial charge >= 0.3 is 12.1 Å². The number of hydrogen-bond acceptors (Lipinski definition) is 2. The highest BCUT2D eigenvalue weighted by molar-refractivity contribution is 5.85. The van der Waals surface area contributed by atoms with Crippen LogP contribution in [0, 0.1) is 11.8 Å². The van der Waals surface area contributed by atoms with Crippen LogP contribution in [0.25, 0.3) is 6.08 Å². The van der Waals surface area contributed by atoms with Crippen molar-refractivity contribution in [3.05, 3.63) is 35.9 Å². The van der Waals surface area contributed by atoms with Gasteiger partial charge in [0.25, 0.3) is 0 Å². The van der Waals surface area contributed by atoms with Gasteiger partial charge < -0.3 is 9.84 Å². The van der Waals surface area contributed by atoms with Gasteiger partial charge in [0.2, 0.25) is 0 Å². The summed E-state index contributed by atoms with van der Waals surface area (Å²) < 4.78 is 33.9. The quantitative estimate of drug-likeness (QED) is 0.681. The van der Waals surface area contributed by atoms with Crippen LogP contribution < -0.4 is 4.74 Å². The molecule has 2 atom stereocenters. The van der Waals surface area contributed by atoms with Crippen LogP contribution in [-0.4, -0.2) is 17.2 Å². The minimum absolute atomic E-state index is 0.102. The Kier molecular flexibility index (Phi) is 6.35. The maximum Gasteiger partial charge on any atom is 0.400 e. The average molecular weight is 338 g/mol. The van der Waals surface area contributed by atoms with Gasteiger partial charge in [0.1, 0.15) is 5.75 Å². The Balaban J connectivity index is 1.99. The zero-order valence-corrected chi connectivity index (χ0v) is 13.9. The third-order valence-corrected chi connectivity index (χ3v) is 4.51. The summed E-state index contributed by atoms with van der Waals surface area (Å²) >= 11 is 0. The van der Waals surface area contributed by atoms with E-state index >= 15 is 0 Å². The zero-order valence-electron chi connectivity index (χ0n) is 13.9. The van der Waals surface area contributed by atoms with E-state index in [1.54, 1.807) is 12.1 Å². The van der Waals surface area contributed by atoms with Crippen LogP contribution in [0.5, 0.6) is 5.75 Å². The number of alkyl halides is 2. The number of ether oxygens (including phenoxy) is 1. The third-order valence-electron chi connectivity index (χ3n) is 4.51. The first-order chi connectivity index (χ1) is 11.4. The summed E-state index contributed by atoms with van der Waals surface area (Å²) in [5.74, 6) is -1.33. The smallest absolute Gasteiger partial charge is 0.400 e. The molecule has 1 N–H and O–H groups in total. The Morgan fingerprint density at radius 2 is 2.04 bits per heavy atom. The lowest BCUT2D eigenvalue weighted by molar-refractivity contribution is -0.225. The Morgan fingerprint density at radius 3 is 2.67 bits per heavy atom. The van der Waals surface area contributed by atoms with Gasteiger partial charge in [-0.1, -0.05) is 44.7 Å². The molecule has 1 aliphatic carbocycles. The van der Waals surface area contributed by atoms with Crippen molar-refractivity contribution in [2.45, 2.75) is 51.6 Å². The molecule has 1 aliphatic rings. The maximum atomic E-state index is 14.4. The standard InChI is InChI=1S/C19H24F2O3/c1-2-4-15-5-3-6-16(13-15)19(20,21)24-17-10-7-14(8-11-17)9-12-18(22)23/h7-12,15-16H,2-6,13H2,1H3,(H,22,23)/b12-9+. The molecule has 132 valence electrons. The molecule has 0 amide bonds. The van der Waals surface area contributed by atoms with Gasteiger partial charge in [-0.15, -0.1) is 0 Å². The minimum atomic E-state index is -3.18. The summed E-state index contributed by atoms with van der Waals surface area (Å²) in [6.45, 7) is 2.08. The van der Waals surface area contributed by atoms with E-state index in [-0.39, 0.29) is 5.75 Å². The van der Waals surface area contributed by atoms with Gasteiger partial charge in [-0.2, -0.15) is 8.78 Å². The van der Waals surface area contributed by atoms with E-state index in [2.05, 4.69) is 6.92 Å². The van der Waals surface area contributed by atoms with Crippen LogP contribution in [0.2, 0.25) is 0 Å². The van der Waals surface area contributed by atoms with E-state index in [0.717, 1.165) is 31.8 Å². The Morgan fingerprint density at radius 1 is 1.33 bits per heavy atom. The lowest BCUT2D eigenvalue weighted by Crippen LogP contribution is -2.37. The first-order valence-electron chi connectivity index (χ1n) is 8.48. The largest absolute Gasteiger partial charge is 0.478 e. The van der Waals surface area contributed by atoms with E-state index < -0.39 is 18.0 Å². The number of benzene rings is 1. The molecular weight excluding hydrogens is 314 g/mol. The minimum Gasteiger partial charge on any atom is -0.478 e. The predicted octanol–water partition coefficient (Wildman–Crippen LogP) is 5.36. The second kappa shape index (κ2) is 8.27. The summed E-state index contributed by atoms with van der Waals surface area (Å²) in [4.78, 5) is 10.5. The van der Waals surface area contributed by atoms with Crippen molar-refractivity contribution in [3.8, 4) is 5.75 Å². The molecule has 1 aromatic rings. The molecule has 0 bridgehead atoms. The van der Waals surface area contributed by atoms with E-state index in [1.807, 2.05) is 0 Å². The monoisotopic (exact) mass is 338 g/mol. The highest BCUT2D eigenvalue weighted by Gasteiger charge is 2.44. The summed E-state index contributed by atoms with van der Waals surface area (Å²) in [7, 11) is 0. The summed E-state index contributed by atoms with van der Waals surface area (Å²) in [6.07, 6.45) is 4.11. The van der Waals surface area contributed by atoms with E-state index in [4.69, 9.17) is 9.84 Å². The van der Waals surface area contributed by atoms with Gasteiger partial charge in [-0.25, -0.2) is 4.79 Å². The molecule has 3 nitrogen and oxygen atoms in total. The number of hydrogen-bond donors (Lipinski definition) is 1. The fourth-order valence-corrected chi connectivity index (χ4v) is 3.32. The molecule has 0 radical (unpaired) electrons. The molecule has 2 unspecified atom stereocenters. The Hall–Kier alpha value is -1.91. The second-order valence-corrected chi connectivity index (χ2v) is 6.42. The Labute approximate surface area is 141 Å². The van der Waals surface area contributed by atoms with Crippen molar-refractivity contribution in [2.75, 3.05) is 0 Å². The van der Waals surface area contributed by atoms with E-state index in [0.29, 0.717) is 24.3 Å². The number of halogens is 2. The van der Waals surface area contributed by atoms with Crippen molar-refractivity contribution >= 4 is 12.0 Å². The summed E-state index contributed by atoms with van der Waals surface area (Å²) in [5.41, 5.74) is 0.619. The first kappa shape index (κ1) is 18.4. The predicted molar refractivity (Wildman–Crippen MR) is 89.0 cm³/mol. The van der Waals surface area contributed by atoms with Crippen LogP contribution in [0.3, 0.4) is 0 Å². The molecule has 1 fully saturated rings. The number of aliphatic carboxylic acids is 1. The van der Waals surface area contributed by atoms with Gasteiger partial charge in [-0.3, -0.25) is 0 Å². The van der Waals surface area contributed by atoms with Gasteiger partial charge in [0, 0.05) is 6.08 Å². The normalized spacial score (nSPS) is 21.8. The lowest BCUT2D eigenvalue weighted by atomic mass is 9.79. The van der Waals surface area contributed by atoms with Crippen molar-refractivity contribution in [1.29, 1.82) is 0 Å². The highest BCUT2D eigenvalue weighted by Crippen LogP contribution is 2.41. The Bertz CT molecular complexity index is 564. The molecule has 0 spiro atoms. The fraction of sp³-hybridized carbons (Fsp3) is 0.526. The topological polar surface area (TPSA) is 46.5 Å². The van der Waals surface area contributed by atoms with E-state index in [9.17, 15) is 13.6 Å². The molecule has 0 saturated heterocycles. The fourth-order valence-electron chi connectivity index (χ4n) is 3.32. The molecule has 0 aromatic heterocycles. The second-order valence-electron chi connectivity index (χ2n) is 6.42. The molecular formula is C19H24F2O3. The molecule has 5 heteroatoms. The molecule has 2 rings (SSSR count). The van der Waals surface area contributed by atoms with Crippen LogP contribution in [0.4, 0.5) is 8.78 Å². The molecule has 0 heterocycles. The maximum absolute atomic E-state index is 14.4. The molecule has 0 aliphatic heterocycles. The van der Waals surface area contributed by atoms with Crippen molar-refractivity contribution < 1.29 is 23.4 Å². The van der Waals surface area contributed by atoms with Crippen molar-refractivity contribution in [3.63, 3.8) is 0 Å². The number of carbonyl (C=O) groups is 1. The lowest BCUT2D eigenvalue weighted by Gasteiger charge is -2.33. The highest BCUT2D eigenvalue weighted by atomic mass is 19.3. The van der Waals surface area contributed by atoms with Crippen molar-refractivity contribution in [1.82, 2.24) is 0 Å². The van der Waals surface area contributed by atoms with Crippen LogP contribution in [0.1, 0.15) is 51.0 Å². The molecule has 1 saturated carbocycles. The zero-order chi connectivity index (χ0) is 17.6. The molecule has 1 aromatic carbocycles.